The quantitative estimate of drug-likeness (QED) is 0.177. The maximum Gasteiger partial charge on any atom is 0.155 e. The number of ketones is 1. The van der Waals surface area contributed by atoms with Crippen molar-refractivity contribution in [3.63, 3.8) is 0 Å². The maximum atomic E-state index is 10.0. The molecule has 0 aliphatic carbocycles. The Kier molecular flexibility index (Phi) is 8.28. The van der Waals surface area contributed by atoms with E-state index in [1.165, 1.54) is 25.5 Å². The predicted molar refractivity (Wildman–Crippen MR) is 116 cm³/mol. The summed E-state index contributed by atoms with van der Waals surface area (Å²) in [5.74, 6) is 0.831. The zero-order chi connectivity index (χ0) is 20.8. The number of carbonyl (C=O) groups is 1. The standard InChI is InChI=1S/C20H14NO.C5H8O2.Ir/c1-14-13-18-19(22-14)11-12-21-20(18)17-9-7-16(8-10-17)15-5-3-2-4-6-15;1-4(6)3-5(2)7;/h2-9,11-13H,1H3;3,6H,1-2H3;/q-1;;/b;4-3-;. The van der Waals surface area contributed by atoms with Crippen LogP contribution in [0.4, 0.5) is 0 Å². The number of furan rings is 1. The second-order valence-corrected chi connectivity index (χ2v) is 6.68. The smallest absolute Gasteiger partial charge is 0.155 e. The van der Waals surface area contributed by atoms with E-state index in [0.717, 1.165) is 33.6 Å². The first-order chi connectivity index (χ1) is 13.9. The topological polar surface area (TPSA) is 63.3 Å². The Balaban J connectivity index is 0.000000350. The van der Waals surface area contributed by atoms with Crippen molar-refractivity contribution in [1.29, 1.82) is 0 Å². The Bertz CT molecular complexity index is 1140. The molecular weight excluding hydrogens is 554 g/mol. The Labute approximate surface area is 189 Å². The molecule has 0 atom stereocenters. The number of fused-ring (bicyclic) bond motifs is 1. The number of nitrogens with zero attached hydrogens (tertiary/aromatic N) is 1. The van der Waals surface area contributed by atoms with Gasteiger partial charge in [-0.25, -0.2) is 0 Å². The Hall–Kier alpha value is -3.01. The summed E-state index contributed by atoms with van der Waals surface area (Å²) in [6, 6.07) is 23.7. The molecule has 0 bridgehead atoms. The van der Waals surface area contributed by atoms with Gasteiger partial charge in [0.1, 0.15) is 11.3 Å². The van der Waals surface area contributed by atoms with Crippen LogP contribution in [0.15, 0.2) is 83.1 Å². The van der Waals surface area contributed by atoms with Gasteiger partial charge in [0.25, 0.3) is 0 Å². The molecular formula is C25H22IrNO3-. The zero-order valence-electron chi connectivity index (χ0n) is 17.0. The van der Waals surface area contributed by atoms with Gasteiger partial charge in [0, 0.05) is 37.8 Å². The molecule has 5 heteroatoms. The third-order valence-corrected chi connectivity index (χ3v) is 4.16. The summed E-state index contributed by atoms with van der Waals surface area (Å²) in [7, 11) is 0. The number of pyridine rings is 1. The van der Waals surface area contributed by atoms with Crippen molar-refractivity contribution in [2.45, 2.75) is 20.8 Å². The van der Waals surface area contributed by atoms with Crippen LogP contribution in [0.25, 0.3) is 33.4 Å². The first-order valence-corrected chi connectivity index (χ1v) is 9.24. The number of rotatable bonds is 3. The molecule has 2 aromatic heterocycles. The monoisotopic (exact) mass is 577 g/mol. The van der Waals surface area contributed by atoms with Crippen molar-refractivity contribution < 1.29 is 34.4 Å². The van der Waals surface area contributed by atoms with Crippen LogP contribution in [0, 0.1) is 13.0 Å². The molecule has 30 heavy (non-hydrogen) atoms. The van der Waals surface area contributed by atoms with Crippen molar-refractivity contribution in [2.24, 2.45) is 0 Å². The second-order valence-electron chi connectivity index (χ2n) is 6.68. The zero-order valence-corrected chi connectivity index (χ0v) is 19.4. The molecule has 0 aliphatic heterocycles. The van der Waals surface area contributed by atoms with E-state index < -0.39 is 0 Å². The summed E-state index contributed by atoms with van der Waals surface area (Å²) < 4.78 is 5.67. The largest absolute Gasteiger partial charge is 0.512 e. The van der Waals surface area contributed by atoms with Gasteiger partial charge in [-0.3, -0.25) is 4.79 Å². The molecule has 0 spiro atoms. The molecule has 155 valence electrons. The number of benzene rings is 2. The van der Waals surface area contributed by atoms with Crippen LogP contribution in [0.5, 0.6) is 0 Å². The van der Waals surface area contributed by atoms with Crippen LogP contribution in [-0.2, 0) is 24.9 Å². The Morgan fingerprint density at radius 2 is 1.80 bits per heavy atom. The third kappa shape index (κ3) is 5.99. The molecule has 0 aliphatic rings. The summed E-state index contributed by atoms with van der Waals surface area (Å²) in [6.07, 6.45) is 2.94. The van der Waals surface area contributed by atoms with Crippen LogP contribution < -0.4 is 0 Å². The van der Waals surface area contributed by atoms with Gasteiger partial charge in [0.2, 0.25) is 0 Å². The fraction of sp³-hybridized carbons (Fsp3) is 0.120. The third-order valence-electron chi connectivity index (χ3n) is 4.16. The van der Waals surface area contributed by atoms with Crippen molar-refractivity contribution in [2.75, 3.05) is 0 Å². The van der Waals surface area contributed by atoms with Crippen molar-refractivity contribution in [3.05, 3.63) is 90.5 Å². The molecule has 0 saturated carbocycles. The maximum absolute atomic E-state index is 10.0. The van der Waals surface area contributed by atoms with Gasteiger partial charge in [0.05, 0.1) is 5.76 Å². The Morgan fingerprint density at radius 3 is 2.37 bits per heavy atom. The molecule has 0 unspecified atom stereocenters. The van der Waals surface area contributed by atoms with E-state index >= 15 is 0 Å². The number of hydrogen-bond donors (Lipinski definition) is 1. The van der Waals surface area contributed by atoms with E-state index in [4.69, 9.17) is 9.52 Å². The molecule has 2 aromatic carbocycles. The van der Waals surface area contributed by atoms with Gasteiger partial charge in [-0.15, -0.1) is 29.8 Å². The number of aliphatic hydroxyl groups excluding tert-OH is 1. The summed E-state index contributed by atoms with van der Waals surface area (Å²) in [5.41, 5.74) is 5.10. The Morgan fingerprint density at radius 1 is 1.07 bits per heavy atom. The van der Waals surface area contributed by atoms with E-state index in [2.05, 4.69) is 35.3 Å². The van der Waals surface area contributed by atoms with Gasteiger partial charge in [-0.05, 0) is 38.6 Å². The molecule has 0 fully saturated rings. The minimum atomic E-state index is -0.125. The summed E-state index contributed by atoms with van der Waals surface area (Å²) in [5, 5.41) is 9.39. The minimum absolute atomic E-state index is 0. The summed E-state index contributed by atoms with van der Waals surface area (Å²) in [4.78, 5) is 14.5. The fourth-order valence-electron chi connectivity index (χ4n) is 2.98. The van der Waals surface area contributed by atoms with Crippen LogP contribution in [0.2, 0.25) is 0 Å². The van der Waals surface area contributed by atoms with Crippen molar-refractivity contribution in [3.8, 4) is 22.4 Å². The predicted octanol–water partition coefficient (Wildman–Crippen LogP) is 6.31. The van der Waals surface area contributed by atoms with Crippen molar-refractivity contribution >= 4 is 16.8 Å². The minimum Gasteiger partial charge on any atom is -0.512 e. The molecule has 4 aromatic rings. The van der Waals surface area contributed by atoms with E-state index in [9.17, 15) is 4.79 Å². The van der Waals surface area contributed by atoms with Gasteiger partial charge < -0.3 is 14.5 Å². The molecule has 1 N–H and O–H groups in total. The number of aromatic nitrogens is 1. The first-order valence-electron chi connectivity index (χ1n) is 9.24. The van der Waals surface area contributed by atoms with Gasteiger partial charge in [0.15, 0.2) is 5.78 Å². The van der Waals surface area contributed by atoms with E-state index in [-0.39, 0.29) is 31.6 Å². The molecule has 2 heterocycles. The SMILES string of the molecule is CC(=O)/C=C(/C)O.Cc1cc2c(-c3[c-]cc(-c4ccccc4)cc3)nccc2o1.[Ir]. The van der Waals surface area contributed by atoms with E-state index in [1.54, 1.807) is 6.20 Å². The molecule has 1 radical (unpaired) electrons. The molecule has 0 amide bonds. The summed E-state index contributed by atoms with van der Waals surface area (Å²) >= 11 is 0. The normalized spacial score (nSPS) is 10.7. The van der Waals surface area contributed by atoms with Gasteiger partial charge in [-0.1, -0.05) is 41.5 Å². The number of aryl methyl sites for hydroxylation is 1. The van der Waals surface area contributed by atoms with Crippen molar-refractivity contribution in [1.82, 2.24) is 4.98 Å². The number of allylic oxidation sites excluding steroid dienone is 2. The van der Waals surface area contributed by atoms with Crippen LogP contribution in [-0.4, -0.2) is 15.9 Å². The van der Waals surface area contributed by atoms with Crippen LogP contribution >= 0.6 is 0 Å². The molecule has 4 rings (SSSR count). The second kappa shape index (κ2) is 10.7. The van der Waals surface area contributed by atoms with Gasteiger partial charge in [-0.2, -0.15) is 0 Å². The van der Waals surface area contributed by atoms with E-state index in [0.29, 0.717) is 0 Å². The van der Waals surface area contributed by atoms with Crippen LogP contribution in [0.1, 0.15) is 19.6 Å². The average Bonchev–Trinajstić information content (AvgIpc) is 3.08. The van der Waals surface area contributed by atoms with E-state index in [1.807, 2.05) is 43.3 Å². The van der Waals surface area contributed by atoms with Gasteiger partial charge >= 0.3 is 0 Å². The molecule has 0 saturated heterocycles. The first kappa shape index (κ1) is 23.3. The van der Waals surface area contributed by atoms with Crippen LogP contribution in [0.3, 0.4) is 0 Å². The summed E-state index contributed by atoms with van der Waals surface area (Å²) in [6.45, 7) is 4.80. The number of carbonyl (C=O) groups excluding carboxylic acids is 1. The average molecular weight is 577 g/mol. The number of hydrogen-bond acceptors (Lipinski definition) is 4. The number of aliphatic hydroxyl groups is 1. The molecule has 4 nitrogen and oxygen atoms in total. The fourth-order valence-corrected chi connectivity index (χ4v) is 2.98.